The van der Waals surface area contributed by atoms with E-state index in [1.54, 1.807) is 40.3 Å². The van der Waals surface area contributed by atoms with E-state index in [9.17, 15) is 9.59 Å². The number of benzene rings is 1. The quantitative estimate of drug-likeness (QED) is 0.651. The molecule has 1 aromatic carbocycles. The molecule has 0 unspecified atom stereocenters. The van der Waals surface area contributed by atoms with Gasteiger partial charge in [-0.2, -0.15) is 5.10 Å². The van der Waals surface area contributed by atoms with Crippen LogP contribution < -0.4 is 10.6 Å². The van der Waals surface area contributed by atoms with Gasteiger partial charge in [0.05, 0.1) is 21.4 Å². The molecular weight excluding hydrogens is 427 g/mol. The first-order valence-electron chi connectivity index (χ1n) is 9.30. The molecule has 0 atom stereocenters. The molecule has 1 fully saturated rings. The van der Waals surface area contributed by atoms with Crippen molar-refractivity contribution in [2.45, 2.75) is 26.3 Å². The molecule has 10 heteroatoms. The molecule has 3 heterocycles. The Morgan fingerprint density at radius 3 is 2.60 bits per heavy atom. The first kappa shape index (κ1) is 20.4. The van der Waals surface area contributed by atoms with Crippen LogP contribution in [0.1, 0.15) is 20.8 Å². The van der Waals surface area contributed by atoms with Gasteiger partial charge in [-0.1, -0.05) is 29.3 Å². The normalized spacial score (nSPS) is 16.4. The molecule has 8 nitrogen and oxygen atoms in total. The van der Waals surface area contributed by atoms with Gasteiger partial charge in [-0.05, 0) is 32.0 Å². The predicted octanol–water partition coefficient (Wildman–Crippen LogP) is 3.26. The molecule has 4 rings (SSSR count). The summed E-state index contributed by atoms with van der Waals surface area (Å²) in [5.41, 5.74) is 7.49. The number of anilines is 2. The second-order valence-electron chi connectivity index (χ2n) is 7.64. The third-order valence-corrected chi connectivity index (χ3v) is 6.05. The number of nitrogens with zero attached hydrogens (tertiary/aromatic N) is 5. The highest BCUT2D eigenvalue weighted by Gasteiger charge is 2.44. The molecule has 1 aliphatic heterocycles. The molecule has 1 saturated heterocycles. The lowest BCUT2D eigenvalue weighted by Gasteiger charge is -2.45. The number of rotatable bonds is 2. The van der Waals surface area contributed by atoms with E-state index < -0.39 is 5.54 Å². The summed E-state index contributed by atoms with van der Waals surface area (Å²) in [4.78, 5) is 32.4. The van der Waals surface area contributed by atoms with E-state index in [2.05, 4.69) is 10.1 Å². The summed E-state index contributed by atoms with van der Waals surface area (Å²) in [6.07, 6.45) is 1.35. The Kier molecular flexibility index (Phi) is 4.86. The second-order valence-corrected chi connectivity index (χ2v) is 8.45. The molecule has 2 aromatic heterocycles. The summed E-state index contributed by atoms with van der Waals surface area (Å²) in [6.45, 7) is 5.70. The molecule has 0 radical (unpaired) electrons. The van der Waals surface area contributed by atoms with Crippen molar-refractivity contribution in [3.63, 3.8) is 0 Å². The maximum atomic E-state index is 13.2. The van der Waals surface area contributed by atoms with Crippen LogP contribution in [-0.2, 0) is 9.59 Å². The van der Waals surface area contributed by atoms with E-state index in [0.717, 1.165) is 5.56 Å². The van der Waals surface area contributed by atoms with Gasteiger partial charge in [-0.3, -0.25) is 9.59 Å². The highest BCUT2D eigenvalue weighted by molar-refractivity contribution is 6.35. The number of carbonyl (C=O) groups excluding carboxylic acids is 2. The number of hydrogen-bond acceptors (Lipinski definition) is 5. The minimum Gasteiger partial charge on any atom is -0.382 e. The van der Waals surface area contributed by atoms with Crippen molar-refractivity contribution in [3.05, 3.63) is 40.6 Å². The summed E-state index contributed by atoms with van der Waals surface area (Å²) < 4.78 is 1.61. The Hall–Kier alpha value is -2.84. The summed E-state index contributed by atoms with van der Waals surface area (Å²) in [5, 5.41) is 5.11. The molecule has 3 aromatic rings. The molecule has 1 aliphatic rings. The number of piperazine rings is 1. The molecule has 0 spiro atoms. The Morgan fingerprint density at radius 1 is 1.17 bits per heavy atom. The minimum absolute atomic E-state index is 0.139. The summed E-state index contributed by atoms with van der Waals surface area (Å²) in [6, 6.07) is 7.11. The number of amides is 2. The number of fused-ring (bicyclic) bond motifs is 1. The van der Waals surface area contributed by atoms with Crippen molar-refractivity contribution in [1.82, 2.24) is 19.5 Å². The van der Waals surface area contributed by atoms with Crippen molar-refractivity contribution >= 4 is 52.0 Å². The lowest BCUT2D eigenvalue weighted by molar-refractivity contribution is -0.145. The van der Waals surface area contributed by atoms with Crippen LogP contribution >= 0.6 is 23.2 Å². The van der Waals surface area contributed by atoms with Crippen LogP contribution in [0.2, 0.25) is 10.0 Å². The monoisotopic (exact) mass is 446 g/mol. The summed E-state index contributed by atoms with van der Waals surface area (Å²) in [7, 11) is 0. The maximum absolute atomic E-state index is 13.2. The van der Waals surface area contributed by atoms with Gasteiger partial charge >= 0.3 is 0 Å². The molecule has 0 aliphatic carbocycles. The fourth-order valence-corrected chi connectivity index (χ4v) is 4.41. The molecule has 2 N–H and O–H groups in total. The first-order valence-corrected chi connectivity index (χ1v) is 10.1. The number of aromatic nitrogens is 3. The highest BCUT2D eigenvalue weighted by Crippen LogP contribution is 2.37. The zero-order valence-electron chi connectivity index (χ0n) is 16.7. The van der Waals surface area contributed by atoms with Gasteiger partial charge in [0.15, 0.2) is 5.82 Å². The van der Waals surface area contributed by atoms with Crippen molar-refractivity contribution in [1.29, 1.82) is 0 Å². The molecule has 0 saturated carbocycles. The van der Waals surface area contributed by atoms with E-state index in [4.69, 9.17) is 28.9 Å². The SMILES string of the molecule is CC(=O)N1CCN(c2cc(-c3cc(Cl)c4c(N)ncnn34)ccc2Cl)C(=O)C1(C)C. The molecular formula is C20H20Cl2N6O2. The predicted molar refractivity (Wildman–Crippen MR) is 117 cm³/mol. The lowest BCUT2D eigenvalue weighted by Crippen LogP contribution is -2.64. The standard InChI is InChI=1S/C20H20Cl2N6O2/c1-11(29)27-7-6-26(19(30)20(27,2)3)16-8-12(4-5-13(16)21)15-9-14(22)17-18(23)24-10-25-28(15)17/h4-5,8-10H,6-7H2,1-3H3,(H2,23,24,25). The number of hydrogen-bond donors (Lipinski definition) is 1. The Balaban J connectivity index is 1.80. The van der Waals surface area contributed by atoms with Crippen LogP contribution in [0, 0.1) is 0 Å². The van der Waals surface area contributed by atoms with E-state index in [-0.39, 0.29) is 17.6 Å². The Labute approximate surface area is 183 Å². The lowest BCUT2D eigenvalue weighted by atomic mass is 9.96. The van der Waals surface area contributed by atoms with Gasteiger partial charge in [-0.25, -0.2) is 9.50 Å². The van der Waals surface area contributed by atoms with Crippen LogP contribution in [-0.4, -0.2) is 49.9 Å². The highest BCUT2D eigenvalue weighted by atomic mass is 35.5. The van der Waals surface area contributed by atoms with Crippen LogP contribution in [0.4, 0.5) is 11.5 Å². The van der Waals surface area contributed by atoms with Gasteiger partial charge in [0.1, 0.15) is 17.4 Å². The average Bonchev–Trinajstić information content (AvgIpc) is 3.02. The molecule has 2 amide bonds. The topological polar surface area (TPSA) is 96.8 Å². The van der Waals surface area contributed by atoms with Gasteiger partial charge in [0, 0.05) is 25.6 Å². The first-order chi connectivity index (χ1) is 14.1. The van der Waals surface area contributed by atoms with Crippen LogP contribution in [0.5, 0.6) is 0 Å². The van der Waals surface area contributed by atoms with E-state index in [0.29, 0.717) is 40.0 Å². The Bertz CT molecular complexity index is 1190. The summed E-state index contributed by atoms with van der Waals surface area (Å²) in [5.74, 6) is -0.0697. The molecule has 156 valence electrons. The van der Waals surface area contributed by atoms with Gasteiger partial charge in [0.25, 0.3) is 5.91 Å². The van der Waals surface area contributed by atoms with Gasteiger partial charge < -0.3 is 15.5 Å². The molecule has 0 bridgehead atoms. The zero-order chi connectivity index (χ0) is 21.8. The van der Waals surface area contributed by atoms with Crippen molar-refractivity contribution < 1.29 is 9.59 Å². The van der Waals surface area contributed by atoms with E-state index >= 15 is 0 Å². The minimum atomic E-state index is -0.976. The number of carbonyl (C=O) groups is 2. The Morgan fingerprint density at radius 2 is 1.90 bits per heavy atom. The largest absolute Gasteiger partial charge is 0.382 e. The van der Waals surface area contributed by atoms with Crippen LogP contribution in [0.3, 0.4) is 0 Å². The number of nitrogen functional groups attached to an aromatic ring is 1. The van der Waals surface area contributed by atoms with Crippen molar-refractivity contribution in [2.24, 2.45) is 0 Å². The number of halogens is 2. The fourth-order valence-electron chi connectivity index (χ4n) is 3.91. The van der Waals surface area contributed by atoms with Crippen molar-refractivity contribution in [2.75, 3.05) is 23.7 Å². The van der Waals surface area contributed by atoms with E-state index in [1.165, 1.54) is 13.3 Å². The maximum Gasteiger partial charge on any atom is 0.252 e. The number of nitrogens with two attached hydrogens (primary N) is 1. The third kappa shape index (κ3) is 3.07. The zero-order valence-corrected chi connectivity index (χ0v) is 18.2. The van der Waals surface area contributed by atoms with Gasteiger partial charge in [0.2, 0.25) is 5.91 Å². The van der Waals surface area contributed by atoms with Crippen LogP contribution in [0.15, 0.2) is 30.6 Å². The fraction of sp³-hybridized carbons (Fsp3) is 0.300. The van der Waals surface area contributed by atoms with Crippen molar-refractivity contribution in [3.8, 4) is 11.3 Å². The smallest absolute Gasteiger partial charge is 0.252 e. The second kappa shape index (κ2) is 7.14. The van der Waals surface area contributed by atoms with Gasteiger partial charge in [-0.15, -0.1) is 0 Å². The average molecular weight is 447 g/mol. The molecule has 30 heavy (non-hydrogen) atoms. The van der Waals surface area contributed by atoms with Crippen LogP contribution in [0.25, 0.3) is 16.8 Å². The summed E-state index contributed by atoms with van der Waals surface area (Å²) >= 11 is 12.8. The third-order valence-electron chi connectivity index (χ3n) is 5.44. The van der Waals surface area contributed by atoms with E-state index in [1.807, 2.05) is 12.1 Å².